The number of rotatable bonds is 8. The van der Waals surface area contributed by atoms with Gasteiger partial charge in [-0.05, 0) is 29.7 Å². The molecule has 6 heteroatoms. The van der Waals surface area contributed by atoms with Gasteiger partial charge in [0.1, 0.15) is 5.75 Å². The van der Waals surface area contributed by atoms with Gasteiger partial charge in [-0.15, -0.1) is 0 Å². The highest BCUT2D eigenvalue weighted by Gasteiger charge is 2.28. The molecule has 0 saturated heterocycles. The maximum absolute atomic E-state index is 12.9. The molecule has 154 valence electrons. The Morgan fingerprint density at radius 3 is 2.79 bits per heavy atom. The number of halogens is 1. The Balaban J connectivity index is 1.70. The lowest BCUT2D eigenvalue weighted by Gasteiger charge is -2.26. The summed E-state index contributed by atoms with van der Waals surface area (Å²) in [5, 5.41) is 4.88. The molecule has 1 aliphatic rings. The van der Waals surface area contributed by atoms with E-state index in [1.807, 2.05) is 67.3 Å². The van der Waals surface area contributed by atoms with Crippen LogP contribution >= 0.6 is 11.6 Å². The van der Waals surface area contributed by atoms with Gasteiger partial charge in [-0.1, -0.05) is 60.9 Å². The van der Waals surface area contributed by atoms with Gasteiger partial charge in [-0.3, -0.25) is 4.79 Å². The summed E-state index contributed by atoms with van der Waals surface area (Å²) < 4.78 is 5.31. The molecule has 0 saturated carbocycles. The van der Waals surface area contributed by atoms with Crippen LogP contribution in [-0.2, 0) is 16.2 Å². The Kier molecular flexibility index (Phi) is 7.15. The maximum Gasteiger partial charge on any atom is 0.223 e. The summed E-state index contributed by atoms with van der Waals surface area (Å²) in [5.74, 6) is 1.17. The van der Waals surface area contributed by atoms with Gasteiger partial charge in [0.15, 0.2) is 6.10 Å². The van der Waals surface area contributed by atoms with Gasteiger partial charge in [0.25, 0.3) is 0 Å². The average molecular weight is 415 g/mol. The predicted octanol–water partition coefficient (Wildman–Crippen LogP) is 4.92. The zero-order valence-electron chi connectivity index (χ0n) is 17.1. The molecule has 2 aromatic rings. The quantitative estimate of drug-likeness (QED) is 0.616. The second kappa shape index (κ2) is 9.79. The van der Waals surface area contributed by atoms with Gasteiger partial charge in [0, 0.05) is 30.0 Å². The first-order valence-electron chi connectivity index (χ1n) is 9.84. The van der Waals surface area contributed by atoms with Crippen molar-refractivity contribution in [3.05, 3.63) is 64.7 Å². The van der Waals surface area contributed by atoms with Gasteiger partial charge in [-0.2, -0.15) is 0 Å². The van der Waals surface area contributed by atoms with Crippen molar-refractivity contribution < 1.29 is 14.4 Å². The number of oxime groups is 1. The lowest BCUT2D eigenvalue weighted by Crippen LogP contribution is -2.37. The van der Waals surface area contributed by atoms with Crippen LogP contribution in [0.25, 0.3) is 0 Å². The third kappa shape index (κ3) is 5.73. The summed E-state index contributed by atoms with van der Waals surface area (Å²) in [5.41, 5.74) is 2.72. The molecule has 0 fully saturated rings. The molecular formula is C23H27ClN2O3. The van der Waals surface area contributed by atoms with Gasteiger partial charge in [0.2, 0.25) is 5.91 Å². The third-order valence-corrected chi connectivity index (χ3v) is 5.11. The van der Waals surface area contributed by atoms with E-state index in [1.165, 1.54) is 0 Å². The zero-order chi connectivity index (χ0) is 20.8. The SMILES string of the molecule is COc1cccc(CN(C[C@@H]2CC(c3ccccc3Cl)=NO2)C(=O)CC(C)C)c1. The lowest BCUT2D eigenvalue weighted by atomic mass is 10.0. The van der Waals surface area contributed by atoms with Gasteiger partial charge < -0.3 is 14.5 Å². The molecule has 5 nitrogen and oxygen atoms in total. The van der Waals surface area contributed by atoms with Crippen LogP contribution in [0.2, 0.25) is 5.02 Å². The fraction of sp³-hybridized carbons (Fsp3) is 0.391. The molecule has 1 atom stereocenters. The van der Waals surface area contributed by atoms with Crippen LogP contribution in [0, 0.1) is 5.92 Å². The minimum absolute atomic E-state index is 0.109. The highest BCUT2D eigenvalue weighted by Crippen LogP contribution is 2.24. The van der Waals surface area contributed by atoms with Crippen LogP contribution in [-0.4, -0.2) is 36.3 Å². The van der Waals surface area contributed by atoms with E-state index in [-0.39, 0.29) is 17.9 Å². The van der Waals surface area contributed by atoms with E-state index in [2.05, 4.69) is 5.16 Å². The summed E-state index contributed by atoms with van der Waals surface area (Å²) in [4.78, 5) is 20.4. The average Bonchev–Trinajstić information content (AvgIpc) is 3.16. The van der Waals surface area contributed by atoms with E-state index in [1.54, 1.807) is 7.11 Å². The van der Waals surface area contributed by atoms with Crippen molar-refractivity contribution in [3.63, 3.8) is 0 Å². The summed E-state index contributed by atoms with van der Waals surface area (Å²) in [6.45, 7) is 5.07. The van der Waals surface area contributed by atoms with Crippen LogP contribution in [0.5, 0.6) is 5.75 Å². The largest absolute Gasteiger partial charge is 0.497 e. The van der Waals surface area contributed by atoms with Crippen molar-refractivity contribution in [3.8, 4) is 5.75 Å². The predicted molar refractivity (Wildman–Crippen MR) is 115 cm³/mol. The Morgan fingerprint density at radius 1 is 1.28 bits per heavy atom. The number of nitrogens with zero attached hydrogens (tertiary/aromatic N) is 2. The molecule has 1 amide bonds. The monoisotopic (exact) mass is 414 g/mol. The normalized spacial score (nSPS) is 15.8. The number of carbonyl (C=O) groups excluding carboxylic acids is 1. The summed E-state index contributed by atoms with van der Waals surface area (Å²) in [6, 6.07) is 15.4. The van der Waals surface area contributed by atoms with Crippen LogP contribution in [0.15, 0.2) is 53.7 Å². The number of methoxy groups -OCH3 is 1. The topological polar surface area (TPSA) is 51.1 Å². The Hall–Kier alpha value is -2.53. The number of amides is 1. The first-order valence-corrected chi connectivity index (χ1v) is 10.2. The van der Waals surface area contributed by atoms with Crippen LogP contribution in [0.1, 0.15) is 37.8 Å². The third-order valence-electron chi connectivity index (χ3n) is 4.78. The van der Waals surface area contributed by atoms with Crippen molar-refractivity contribution in [2.45, 2.75) is 39.3 Å². The highest BCUT2D eigenvalue weighted by atomic mass is 35.5. The lowest BCUT2D eigenvalue weighted by molar-refractivity contribution is -0.134. The molecule has 2 aromatic carbocycles. The van der Waals surface area contributed by atoms with Crippen molar-refractivity contribution in [2.75, 3.05) is 13.7 Å². The van der Waals surface area contributed by atoms with Crippen molar-refractivity contribution >= 4 is 23.2 Å². The van der Waals surface area contributed by atoms with Gasteiger partial charge in [-0.25, -0.2) is 0 Å². The highest BCUT2D eigenvalue weighted by molar-refractivity contribution is 6.34. The smallest absolute Gasteiger partial charge is 0.223 e. The molecule has 0 bridgehead atoms. The van der Waals surface area contributed by atoms with E-state index in [0.29, 0.717) is 31.0 Å². The van der Waals surface area contributed by atoms with Crippen molar-refractivity contribution in [1.82, 2.24) is 4.90 Å². The van der Waals surface area contributed by atoms with E-state index < -0.39 is 0 Å². The fourth-order valence-electron chi connectivity index (χ4n) is 3.35. The molecule has 0 spiro atoms. The number of ether oxygens (including phenoxy) is 1. The fourth-order valence-corrected chi connectivity index (χ4v) is 3.60. The second-order valence-corrected chi connectivity index (χ2v) is 8.08. The van der Waals surface area contributed by atoms with Crippen LogP contribution < -0.4 is 4.74 Å². The molecule has 0 aliphatic carbocycles. The van der Waals surface area contributed by atoms with E-state index in [0.717, 1.165) is 22.6 Å². The summed E-state index contributed by atoms with van der Waals surface area (Å²) >= 11 is 6.29. The molecule has 1 heterocycles. The standard InChI is InChI=1S/C23H27ClN2O3/c1-16(2)11-23(27)26(14-17-7-6-8-18(12-17)28-3)15-19-13-22(25-29-19)20-9-4-5-10-21(20)24/h4-10,12,16,19H,11,13-15H2,1-3H3/t19-/m0/s1. The first kappa shape index (κ1) is 21.2. The molecule has 0 aromatic heterocycles. The van der Waals surface area contributed by atoms with E-state index in [4.69, 9.17) is 21.2 Å². The zero-order valence-corrected chi connectivity index (χ0v) is 17.9. The minimum Gasteiger partial charge on any atom is -0.497 e. The minimum atomic E-state index is -0.192. The number of carbonyl (C=O) groups is 1. The molecule has 0 N–H and O–H groups in total. The van der Waals surface area contributed by atoms with Gasteiger partial charge in [0.05, 0.1) is 19.4 Å². The molecular weight excluding hydrogens is 388 g/mol. The van der Waals surface area contributed by atoms with Crippen LogP contribution in [0.3, 0.4) is 0 Å². The van der Waals surface area contributed by atoms with Crippen molar-refractivity contribution in [2.24, 2.45) is 11.1 Å². The molecule has 0 radical (unpaired) electrons. The Bertz CT molecular complexity index is 882. The Morgan fingerprint density at radius 2 is 2.07 bits per heavy atom. The maximum atomic E-state index is 12.9. The second-order valence-electron chi connectivity index (χ2n) is 7.67. The van der Waals surface area contributed by atoms with E-state index >= 15 is 0 Å². The van der Waals surface area contributed by atoms with E-state index in [9.17, 15) is 4.79 Å². The summed E-state index contributed by atoms with van der Waals surface area (Å²) in [6.07, 6.45) is 0.922. The van der Waals surface area contributed by atoms with Gasteiger partial charge >= 0.3 is 0 Å². The molecule has 29 heavy (non-hydrogen) atoms. The summed E-state index contributed by atoms with van der Waals surface area (Å²) in [7, 11) is 1.64. The molecule has 1 aliphatic heterocycles. The van der Waals surface area contributed by atoms with Crippen LogP contribution in [0.4, 0.5) is 0 Å². The first-order chi connectivity index (χ1) is 14.0. The Labute approximate surface area is 177 Å². The number of hydrogen-bond acceptors (Lipinski definition) is 4. The molecule has 0 unspecified atom stereocenters. The number of benzene rings is 2. The van der Waals surface area contributed by atoms with Crippen molar-refractivity contribution in [1.29, 1.82) is 0 Å². The molecule has 3 rings (SSSR count). The number of hydrogen-bond donors (Lipinski definition) is 0.